The molecule has 0 bridgehead atoms. The Morgan fingerprint density at radius 3 is 2.62 bits per heavy atom. The van der Waals surface area contributed by atoms with Crippen LogP contribution in [0.4, 0.5) is 0 Å². The van der Waals surface area contributed by atoms with Crippen molar-refractivity contribution >= 4 is 23.7 Å². The van der Waals surface area contributed by atoms with Crippen molar-refractivity contribution in [1.82, 2.24) is 10.2 Å². The minimum absolute atomic E-state index is 0.00525. The van der Waals surface area contributed by atoms with Gasteiger partial charge >= 0.3 is 5.97 Å². The second-order valence-corrected chi connectivity index (χ2v) is 6.10. The van der Waals surface area contributed by atoms with Crippen LogP contribution >= 0.6 is 0 Å². The van der Waals surface area contributed by atoms with Gasteiger partial charge in [0, 0.05) is 12.6 Å². The number of fused-ring (bicyclic) bond motifs is 1. The molecular formula is C19H22N2O5. The number of amides is 3. The summed E-state index contributed by atoms with van der Waals surface area (Å²) < 4.78 is 4.99. The molecule has 1 aromatic rings. The second-order valence-electron chi connectivity index (χ2n) is 6.10. The van der Waals surface area contributed by atoms with Gasteiger partial charge in [0.15, 0.2) is 6.61 Å². The maximum atomic E-state index is 12.3. The highest BCUT2D eigenvalue weighted by atomic mass is 16.5. The Labute approximate surface area is 152 Å². The van der Waals surface area contributed by atoms with Crippen molar-refractivity contribution in [2.45, 2.75) is 32.7 Å². The van der Waals surface area contributed by atoms with Crippen LogP contribution < -0.4 is 5.32 Å². The molecule has 0 spiro atoms. The molecule has 26 heavy (non-hydrogen) atoms. The van der Waals surface area contributed by atoms with E-state index >= 15 is 0 Å². The number of nitrogens with one attached hydrogen (secondary N) is 1. The molecule has 1 aliphatic heterocycles. The van der Waals surface area contributed by atoms with Gasteiger partial charge in [0.2, 0.25) is 0 Å². The molecule has 7 heteroatoms. The zero-order chi connectivity index (χ0) is 19.3. The second kappa shape index (κ2) is 8.42. The molecule has 7 nitrogen and oxygen atoms in total. The highest BCUT2D eigenvalue weighted by molar-refractivity contribution is 6.22. The lowest BCUT2D eigenvalue weighted by Crippen LogP contribution is -2.35. The van der Waals surface area contributed by atoms with Crippen molar-refractivity contribution in [3.63, 3.8) is 0 Å². The largest absolute Gasteiger partial charge is 0.452 e. The highest BCUT2D eigenvalue weighted by Crippen LogP contribution is 2.24. The first-order valence-electron chi connectivity index (χ1n) is 8.46. The number of carbonyl (C=O) groups is 4. The third-order valence-corrected chi connectivity index (χ3v) is 3.98. The lowest BCUT2D eigenvalue weighted by Gasteiger charge is -2.12. The molecule has 3 amide bonds. The average molecular weight is 358 g/mol. The van der Waals surface area contributed by atoms with Crippen LogP contribution in [-0.2, 0) is 9.53 Å². The van der Waals surface area contributed by atoms with Gasteiger partial charge in [-0.2, -0.15) is 0 Å². The normalized spacial score (nSPS) is 14.0. The molecule has 1 N–H and O–H groups in total. The van der Waals surface area contributed by atoms with Crippen LogP contribution in [0, 0.1) is 0 Å². The standard InChI is InChI=1S/C19H22N2O5/c1-4-6-12(3)20-16(22)11-26-19(25)13-7-8-14-15(10-13)18(24)21(9-5-2)17(14)23/h5,7-8,10,12H,2,4,6,9,11H2,1,3H3,(H,20,22). The molecule has 0 radical (unpaired) electrons. The molecule has 138 valence electrons. The highest BCUT2D eigenvalue weighted by Gasteiger charge is 2.35. The molecule has 0 saturated carbocycles. The van der Waals surface area contributed by atoms with Gasteiger partial charge in [-0.1, -0.05) is 19.4 Å². The van der Waals surface area contributed by atoms with E-state index in [9.17, 15) is 19.2 Å². The van der Waals surface area contributed by atoms with Crippen LogP contribution in [0.5, 0.6) is 0 Å². The van der Waals surface area contributed by atoms with Crippen molar-refractivity contribution < 1.29 is 23.9 Å². The predicted molar refractivity (Wildman–Crippen MR) is 94.8 cm³/mol. The molecular weight excluding hydrogens is 336 g/mol. The van der Waals surface area contributed by atoms with Crippen LogP contribution in [-0.4, -0.2) is 47.8 Å². The number of esters is 1. The van der Waals surface area contributed by atoms with E-state index in [4.69, 9.17) is 4.74 Å². The Morgan fingerprint density at radius 1 is 1.27 bits per heavy atom. The molecule has 0 fully saturated rings. The Balaban J connectivity index is 2.02. The average Bonchev–Trinajstić information content (AvgIpc) is 2.84. The number of nitrogens with zero attached hydrogens (tertiary/aromatic N) is 1. The van der Waals surface area contributed by atoms with Crippen LogP contribution in [0.2, 0.25) is 0 Å². The molecule has 1 aliphatic rings. The van der Waals surface area contributed by atoms with Crippen molar-refractivity contribution in [2.24, 2.45) is 0 Å². The number of carbonyl (C=O) groups excluding carboxylic acids is 4. The first-order chi connectivity index (χ1) is 12.4. The van der Waals surface area contributed by atoms with E-state index in [0.717, 1.165) is 17.7 Å². The van der Waals surface area contributed by atoms with Crippen molar-refractivity contribution in [3.05, 3.63) is 47.5 Å². The summed E-state index contributed by atoms with van der Waals surface area (Å²) in [5, 5.41) is 2.73. The van der Waals surface area contributed by atoms with E-state index in [1.807, 2.05) is 13.8 Å². The Kier molecular flexibility index (Phi) is 6.27. The van der Waals surface area contributed by atoms with Gasteiger partial charge in [0.05, 0.1) is 16.7 Å². The first-order valence-corrected chi connectivity index (χ1v) is 8.46. The molecule has 0 aromatic heterocycles. The fraction of sp³-hybridized carbons (Fsp3) is 0.368. The summed E-state index contributed by atoms with van der Waals surface area (Å²) in [6.45, 7) is 7.10. The molecule has 1 heterocycles. The molecule has 0 saturated heterocycles. The van der Waals surface area contributed by atoms with Gasteiger partial charge in [0.1, 0.15) is 0 Å². The smallest absolute Gasteiger partial charge is 0.338 e. The third kappa shape index (κ3) is 4.17. The summed E-state index contributed by atoms with van der Waals surface area (Å²) in [5.74, 6) is -2.02. The third-order valence-electron chi connectivity index (χ3n) is 3.98. The van der Waals surface area contributed by atoms with E-state index in [0.29, 0.717) is 0 Å². The van der Waals surface area contributed by atoms with Gasteiger partial charge in [-0.3, -0.25) is 19.3 Å². The fourth-order valence-electron chi connectivity index (χ4n) is 2.75. The summed E-state index contributed by atoms with van der Waals surface area (Å²) >= 11 is 0. The summed E-state index contributed by atoms with van der Waals surface area (Å²) in [4.78, 5) is 49.3. The molecule has 1 aromatic carbocycles. The van der Waals surface area contributed by atoms with E-state index in [1.54, 1.807) is 0 Å². The minimum Gasteiger partial charge on any atom is -0.452 e. The quantitative estimate of drug-likeness (QED) is 0.435. The lowest BCUT2D eigenvalue weighted by atomic mass is 10.1. The van der Waals surface area contributed by atoms with Crippen molar-refractivity contribution in [2.75, 3.05) is 13.2 Å². The number of hydrogen-bond donors (Lipinski definition) is 1. The fourth-order valence-corrected chi connectivity index (χ4v) is 2.75. The van der Waals surface area contributed by atoms with Gasteiger partial charge in [-0.15, -0.1) is 6.58 Å². The van der Waals surface area contributed by atoms with Crippen LogP contribution in [0.3, 0.4) is 0 Å². The zero-order valence-corrected chi connectivity index (χ0v) is 14.9. The first kappa shape index (κ1) is 19.4. The molecule has 2 rings (SSSR count). The Hall–Kier alpha value is -2.96. The van der Waals surface area contributed by atoms with Crippen molar-refractivity contribution in [1.29, 1.82) is 0 Å². The summed E-state index contributed by atoms with van der Waals surface area (Å²) in [7, 11) is 0. The Bertz CT molecular complexity index is 756. The van der Waals surface area contributed by atoms with Gasteiger partial charge in [-0.25, -0.2) is 4.79 Å². The predicted octanol–water partition coefficient (Wildman–Crippen LogP) is 1.93. The number of rotatable bonds is 8. The summed E-state index contributed by atoms with van der Waals surface area (Å²) in [5.41, 5.74) is 0.492. The zero-order valence-electron chi connectivity index (χ0n) is 14.9. The van der Waals surface area contributed by atoms with Gasteiger partial charge in [0.25, 0.3) is 17.7 Å². The van der Waals surface area contributed by atoms with Crippen LogP contribution in [0.1, 0.15) is 57.8 Å². The SMILES string of the molecule is C=CCN1C(=O)c2ccc(C(=O)OCC(=O)NC(C)CCC)cc2C1=O. The van der Waals surface area contributed by atoms with E-state index in [-0.39, 0.29) is 35.2 Å². The number of ether oxygens (including phenoxy) is 1. The summed E-state index contributed by atoms with van der Waals surface area (Å²) in [6.07, 6.45) is 3.23. The molecule has 1 atom stereocenters. The lowest BCUT2D eigenvalue weighted by molar-refractivity contribution is -0.124. The maximum Gasteiger partial charge on any atom is 0.338 e. The number of hydrogen-bond acceptors (Lipinski definition) is 5. The van der Waals surface area contributed by atoms with Crippen molar-refractivity contribution in [3.8, 4) is 0 Å². The Morgan fingerprint density at radius 2 is 1.96 bits per heavy atom. The molecule has 0 aliphatic carbocycles. The maximum absolute atomic E-state index is 12.3. The van der Waals surface area contributed by atoms with E-state index in [2.05, 4.69) is 11.9 Å². The van der Waals surface area contributed by atoms with Gasteiger partial charge in [-0.05, 0) is 31.5 Å². The molecule has 1 unspecified atom stereocenters. The van der Waals surface area contributed by atoms with E-state index < -0.39 is 24.4 Å². The van der Waals surface area contributed by atoms with E-state index in [1.165, 1.54) is 24.3 Å². The number of benzene rings is 1. The topological polar surface area (TPSA) is 92.8 Å². The van der Waals surface area contributed by atoms with Crippen LogP contribution in [0.25, 0.3) is 0 Å². The number of imide groups is 1. The van der Waals surface area contributed by atoms with Gasteiger partial charge < -0.3 is 10.1 Å². The monoisotopic (exact) mass is 358 g/mol. The summed E-state index contributed by atoms with van der Waals surface area (Å²) in [6, 6.07) is 4.14. The minimum atomic E-state index is -0.728. The van der Waals surface area contributed by atoms with Crippen LogP contribution in [0.15, 0.2) is 30.9 Å².